The van der Waals surface area contributed by atoms with Gasteiger partial charge in [0.1, 0.15) is 0 Å². The number of rotatable bonds is 1. The molecule has 1 amide bonds. The highest BCUT2D eigenvalue weighted by Crippen LogP contribution is 2.11. The smallest absolute Gasteiger partial charge is 0.253 e. The maximum absolute atomic E-state index is 12.2. The standard InChI is InChI=1S/C12H15IN2O.ClH/c1-9-8-15(6-5-14-9)12(16)10-3-2-4-11(13)7-10;/h2-4,7,9,14H,5-6,8H2,1H3;1H/t9-;/m1./s1. The zero-order valence-corrected chi connectivity index (χ0v) is 12.6. The molecule has 94 valence electrons. The van der Waals surface area contributed by atoms with Gasteiger partial charge in [0, 0.05) is 34.8 Å². The number of benzene rings is 1. The molecule has 1 aliphatic rings. The van der Waals surface area contributed by atoms with Gasteiger partial charge in [0.2, 0.25) is 0 Å². The molecule has 3 nitrogen and oxygen atoms in total. The number of nitrogens with one attached hydrogen (secondary N) is 1. The lowest BCUT2D eigenvalue weighted by Gasteiger charge is -2.32. The summed E-state index contributed by atoms with van der Waals surface area (Å²) in [4.78, 5) is 14.1. The van der Waals surface area contributed by atoms with Crippen LogP contribution in [0.3, 0.4) is 0 Å². The molecular formula is C12H16ClIN2O. The van der Waals surface area contributed by atoms with E-state index in [2.05, 4.69) is 34.8 Å². The lowest BCUT2D eigenvalue weighted by Crippen LogP contribution is -2.51. The van der Waals surface area contributed by atoms with Crippen LogP contribution in [-0.2, 0) is 0 Å². The van der Waals surface area contributed by atoms with Crippen LogP contribution in [0.5, 0.6) is 0 Å². The van der Waals surface area contributed by atoms with E-state index in [1.54, 1.807) is 0 Å². The molecule has 0 aliphatic carbocycles. The Balaban J connectivity index is 0.00000144. The molecule has 0 saturated carbocycles. The average Bonchev–Trinajstić information content (AvgIpc) is 2.28. The molecule has 2 rings (SSSR count). The fourth-order valence-corrected chi connectivity index (χ4v) is 2.46. The Morgan fingerprint density at radius 1 is 1.53 bits per heavy atom. The number of nitrogens with zero attached hydrogens (tertiary/aromatic N) is 1. The molecule has 0 unspecified atom stereocenters. The van der Waals surface area contributed by atoms with Crippen LogP contribution < -0.4 is 5.32 Å². The molecular weight excluding hydrogens is 351 g/mol. The number of carbonyl (C=O) groups excluding carboxylic acids is 1. The summed E-state index contributed by atoms with van der Waals surface area (Å²) in [6.45, 7) is 4.59. The van der Waals surface area contributed by atoms with E-state index < -0.39 is 0 Å². The van der Waals surface area contributed by atoms with E-state index in [1.807, 2.05) is 29.2 Å². The first-order valence-electron chi connectivity index (χ1n) is 5.45. The van der Waals surface area contributed by atoms with Crippen molar-refractivity contribution in [1.29, 1.82) is 0 Å². The van der Waals surface area contributed by atoms with Gasteiger partial charge in [-0.2, -0.15) is 0 Å². The minimum Gasteiger partial charge on any atom is -0.336 e. The average molecular weight is 367 g/mol. The van der Waals surface area contributed by atoms with Gasteiger partial charge in [-0.25, -0.2) is 0 Å². The van der Waals surface area contributed by atoms with Crippen molar-refractivity contribution in [3.63, 3.8) is 0 Å². The highest BCUT2D eigenvalue weighted by Gasteiger charge is 2.21. The predicted octanol–water partition coefficient (Wildman–Crippen LogP) is 2.15. The zero-order valence-electron chi connectivity index (χ0n) is 9.65. The van der Waals surface area contributed by atoms with Gasteiger partial charge in [-0.1, -0.05) is 6.07 Å². The monoisotopic (exact) mass is 366 g/mol. The maximum Gasteiger partial charge on any atom is 0.253 e. The molecule has 1 aliphatic heterocycles. The Bertz CT molecular complexity index is 400. The van der Waals surface area contributed by atoms with E-state index in [0.29, 0.717) is 6.04 Å². The molecule has 0 aromatic heterocycles. The van der Waals surface area contributed by atoms with E-state index in [9.17, 15) is 4.79 Å². The maximum atomic E-state index is 12.2. The molecule has 0 spiro atoms. The molecule has 1 atom stereocenters. The molecule has 1 saturated heterocycles. The molecule has 17 heavy (non-hydrogen) atoms. The second kappa shape index (κ2) is 6.56. The minimum atomic E-state index is 0. The first kappa shape index (κ1) is 14.7. The Hall–Kier alpha value is -0.330. The van der Waals surface area contributed by atoms with Gasteiger partial charge in [-0.05, 0) is 47.7 Å². The Morgan fingerprint density at radius 2 is 2.29 bits per heavy atom. The summed E-state index contributed by atoms with van der Waals surface area (Å²) >= 11 is 2.23. The molecule has 0 bridgehead atoms. The summed E-state index contributed by atoms with van der Waals surface area (Å²) in [6.07, 6.45) is 0. The fourth-order valence-electron chi connectivity index (χ4n) is 1.92. The van der Waals surface area contributed by atoms with Crippen LogP contribution >= 0.6 is 35.0 Å². The van der Waals surface area contributed by atoms with Gasteiger partial charge in [-0.3, -0.25) is 4.79 Å². The summed E-state index contributed by atoms with van der Waals surface area (Å²) < 4.78 is 1.10. The highest BCUT2D eigenvalue weighted by atomic mass is 127. The van der Waals surface area contributed by atoms with E-state index in [1.165, 1.54) is 0 Å². The molecule has 5 heteroatoms. The fraction of sp³-hybridized carbons (Fsp3) is 0.417. The van der Waals surface area contributed by atoms with Crippen LogP contribution in [0, 0.1) is 3.57 Å². The van der Waals surface area contributed by atoms with E-state index in [4.69, 9.17) is 0 Å². The molecule has 1 fully saturated rings. The summed E-state index contributed by atoms with van der Waals surface area (Å²) in [6, 6.07) is 8.14. The van der Waals surface area contributed by atoms with Crippen LogP contribution in [0.25, 0.3) is 0 Å². The Kier molecular flexibility index (Phi) is 5.69. The molecule has 0 radical (unpaired) electrons. The number of halogens is 2. The summed E-state index contributed by atoms with van der Waals surface area (Å²) in [5.74, 6) is 0.145. The predicted molar refractivity (Wildman–Crippen MR) is 79.8 cm³/mol. The van der Waals surface area contributed by atoms with Crippen LogP contribution in [0.2, 0.25) is 0 Å². The van der Waals surface area contributed by atoms with Crippen molar-refractivity contribution in [3.05, 3.63) is 33.4 Å². The van der Waals surface area contributed by atoms with Gasteiger partial charge >= 0.3 is 0 Å². The van der Waals surface area contributed by atoms with Crippen molar-refractivity contribution in [2.75, 3.05) is 19.6 Å². The molecule has 1 aromatic carbocycles. The van der Waals surface area contributed by atoms with Gasteiger partial charge < -0.3 is 10.2 Å². The first-order valence-corrected chi connectivity index (χ1v) is 6.53. The van der Waals surface area contributed by atoms with Gasteiger partial charge in [-0.15, -0.1) is 12.4 Å². The molecule has 1 heterocycles. The van der Waals surface area contributed by atoms with Crippen LogP contribution in [0.15, 0.2) is 24.3 Å². The SMILES string of the molecule is C[C@@H]1CN(C(=O)c2cccc(I)c2)CCN1.Cl. The quantitative estimate of drug-likeness (QED) is 0.773. The van der Waals surface area contributed by atoms with Crippen LogP contribution in [0.1, 0.15) is 17.3 Å². The summed E-state index contributed by atoms with van der Waals surface area (Å²) in [5, 5.41) is 3.33. The Morgan fingerprint density at radius 3 is 2.94 bits per heavy atom. The molecule has 1 aromatic rings. The number of piperazine rings is 1. The third kappa shape index (κ3) is 3.82. The van der Waals surface area contributed by atoms with Crippen LogP contribution in [0.4, 0.5) is 0 Å². The van der Waals surface area contributed by atoms with Gasteiger partial charge in [0.05, 0.1) is 0 Å². The summed E-state index contributed by atoms with van der Waals surface area (Å²) in [7, 11) is 0. The minimum absolute atomic E-state index is 0. The summed E-state index contributed by atoms with van der Waals surface area (Å²) in [5.41, 5.74) is 0.793. The van der Waals surface area contributed by atoms with Crippen molar-refractivity contribution in [2.24, 2.45) is 0 Å². The van der Waals surface area contributed by atoms with E-state index >= 15 is 0 Å². The van der Waals surface area contributed by atoms with Crippen molar-refractivity contribution in [1.82, 2.24) is 10.2 Å². The Labute approximate surface area is 122 Å². The highest BCUT2D eigenvalue weighted by molar-refractivity contribution is 14.1. The number of amides is 1. The third-order valence-electron chi connectivity index (χ3n) is 2.73. The number of hydrogen-bond acceptors (Lipinski definition) is 2. The number of hydrogen-bond donors (Lipinski definition) is 1. The lowest BCUT2D eigenvalue weighted by molar-refractivity contribution is 0.0709. The van der Waals surface area contributed by atoms with Crippen LogP contribution in [-0.4, -0.2) is 36.5 Å². The number of carbonyl (C=O) groups is 1. The van der Waals surface area contributed by atoms with Crippen molar-refractivity contribution >= 4 is 40.9 Å². The third-order valence-corrected chi connectivity index (χ3v) is 3.40. The van der Waals surface area contributed by atoms with Crippen molar-refractivity contribution < 1.29 is 4.79 Å². The molecule has 1 N–H and O–H groups in total. The second-order valence-electron chi connectivity index (χ2n) is 4.12. The van der Waals surface area contributed by atoms with Gasteiger partial charge in [0.25, 0.3) is 5.91 Å². The topological polar surface area (TPSA) is 32.3 Å². The van der Waals surface area contributed by atoms with Crippen molar-refractivity contribution in [3.8, 4) is 0 Å². The zero-order chi connectivity index (χ0) is 11.5. The first-order chi connectivity index (χ1) is 7.66. The lowest BCUT2D eigenvalue weighted by atomic mass is 10.1. The van der Waals surface area contributed by atoms with Gasteiger partial charge in [0.15, 0.2) is 0 Å². The second-order valence-corrected chi connectivity index (χ2v) is 5.36. The normalized spacial score (nSPS) is 19.6. The van der Waals surface area contributed by atoms with E-state index in [0.717, 1.165) is 28.8 Å². The van der Waals surface area contributed by atoms with Crippen molar-refractivity contribution in [2.45, 2.75) is 13.0 Å². The van der Waals surface area contributed by atoms with E-state index in [-0.39, 0.29) is 18.3 Å². The largest absolute Gasteiger partial charge is 0.336 e.